The minimum Gasteiger partial charge on any atom is -0.460 e. The molecule has 0 spiro atoms. The summed E-state index contributed by atoms with van der Waals surface area (Å²) in [7, 11) is 0. The molecule has 0 saturated heterocycles. The Hall–Kier alpha value is -5.34. The molecular weight excluding hydrogens is 632 g/mol. The van der Waals surface area contributed by atoms with Gasteiger partial charge in [-0.1, -0.05) is 37.4 Å². The molecule has 0 atom stereocenters. The van der Waals surface area contributed by atoms with Gasteiger partial charge >= 0.3 is 35.8 Å². The van der Waals surface area contributed by atoms with Gasteiger partial charge in [-0.2, -0.15) is 0 Å². The summed E-state index contributed by atoms with van der Waals surface area (Å²) in [6.45, 7) is 9.31. The van der Waals surface area contributed by atoms with Crippen LogP contribution in [0.25, 0.3) is 0 Å². The second kappa shape index (κ2) is 21.5. The largest absolute Gasteiger partial charge is 0.460 e. The Balaban J connectivity index is 1.75. The Kier molecular flexibility index (Phi) is 17.4. The van der Waals surface area contributed by atoms with Crippen LogP contribution >= 0.6 is 0 Å². The predicted molar refractivity (Wildman–Crippen MR) is 167 cm³/mol. The van der Waals surface area contributed by atoms with Crippen LogP contribution in [0.3, 0.4) is 0 Å². The number of ether oxygens (including phenoxy) is 8. The number of hydrogen-bond donors (Lipinski definition) is 0. The fourth-order valence-electron chi connectivity index (χ4n) is 3.48. The number of carbonyl (C=O) groups excluding carboxylic acids is 6. The molecule has 0 N–H and O–H groups in total. The van der Waals surface area contributed by atoms with Gasteiger partial charge < -0.3 is 37.9 Å². The summed E-state index contributed by atoms with van der Waals surface area (Å²) in [6, 6.07) is 11.7. The van der Waals surface area contributed by atoms with Gasteiger partial charge in [-0.05, 0) is 38.1 Å². The van der Waals surface area contributed by atoms with Crippen LogP contribution in [-0.4, -0.2) is 102 Å². The quantitative estimate of drug-likeness (QED) is 0.0818. The Labute approximate surface area is 277 Å². The van der Waals surface area contributed by atoms with Crippen molar-refractivity contribution in [3.05, 3.63) is 95.1 Å². The molecule has 48 heavy (non-hydrogen) atoms. The van der Waals surface area contributed by atoms with Gasteiger partial charge in [0.05, 0.1) is 48.7 Å². The highest BCUT2D eigenvalue weighted by Crippen LogP contribution is 2.14. The van der Waals surface area contributed by atoms with Crippen LogP contribution in [0.5, 0.6) is 0 Å². The zero-order valence-corrected chi connectivity index (χ0v) is 26.8. The lowest BCUT2D eigenvalue weighted by molar-refractivity contribution is -0.141. The number of rotatable bonds is 21. The van der Waals surface area contributed by atoms with Gasteiger partial charge in [-0.15, -0.1) is 0 Å². The van der Waals surface area contributed by atoms with Crippen molar-refractivity contribution in [2.75, 3.05) is 66.1 Å². The van der Waals surface area contributed by atoms with Crippen molar-refractivity contribution in [2.24, 2.45) is 0 Å². The van der Waals surface area contributed by atoms with Crippen LogP contribution in [0.1, 0.15) is 55.3 Å². The molecule has 0 heterocycles. The monoisotopic (exact) mass is 670 g/mol. The van der Waals surface area contributed by atoms with E-state index >= 15 is 0 Å². The van der Waals surface area contributed by atoms with Crippen molar-refractivity contribution in [1.82, 2.24) is 0 Å². The molecule has 0 aromatic heterocycles. The molecule has 0 bridgehead atoms. The smallest absolute Gasteiger partial charge is 0.339 e. The Morgan fingerprint density at radius 2 is 0.646 bits per heavy atom. The molecule has 0 aliphatic carbocycles. The van der Waals surface area contributed by atoms with Gasteiger partial charge in [0.25, 0.3) is 0 Å². The average Bonchev–Trinajstić information content (AvgIpc) is 3.08. The molecule has 14 heteroatoms. The van der Waals surface area contributed by atoms with E-state index in [9.17, 15) is 28.8 Å². The SMILES string of the molecule is C=C(C)C(=O)OCCOCCOC(=O)c1ccccc1C(=O)OCCOC(=O)c1ccccc1C(=O)OCCOCCOC(=O)C(=C)C. The van der Waals surface area contributed by atoms with Crippen molar-refractivity contribution in [1.29, 1.82) is 0 Å². The summed E-state index contributed by atoms with van der Waals surface area (Å²) in [6.07, 6.45) is 0. The van der Waals surface area contributed by atoms with E-state index in [4.69, 9.17) is 37.9 Å². The average molecular weight is 671 g/mol. The van der Waals surface area contributed by atoms with Gasteiger partial charge in [0, 0.05) is 11.1 Å². The van der Waals surface area contributed by atoms with Crippen molar-refractivity contribution in [2.45, 2.75) is 13.8 Å². The van der Waals surface area contributed by atoms with E-state index in [1.54, 1.807) is 12.1 Å². The van der Waals surface area contributed by atoms with Gasteiger partial charge in [0.2, 0.25) is 0 Å². The van der Waals surface area contributed by atoms with E-state index in [0.717, 1.165) is 0 Å². The molecular formula is C34H38O14. The lowest BCUT2D eigenvalue weighted by Crippen LogP contribution is -2.20. The molecule has 0 amide bonds. The first kappa shape index (κ1) is 38.8. The second-order valence-electron chi connectivity index (χ2n) is 9.69. The van der Waals surface area contributed by atoms with Crippen LogP contribution in [0.4, 0.5) is 0 Å². The van der Waals surface area contributed by atoms with Crippen LogP contribution < -0.4 is 0 Å². The molecule has 0 fully saturated rings. The van der Waals surface area contributed by atoms with E-state index in [1.807, 2.05) is 0 Å². The first-order chi connectivity index (χ1) is 23.0. The highest BCUT2D eigenvalue weighted by Gasteiger charge is 2.21. The van der Waals surface area contributed by atoms with E-state index in [0.29, 0.717) is 0 Å². The van der Waals surface area contributed by atoms with E-state index in [2.05, 4.69) is 13.2 Å². The first-order valence-electron chi connectivity index (χ1n) is 14.7. The van der Waals surface area contributed by atoms with E-state index < -0.39 is 35.8 Å². The maximum absolute atomic E-state index is 12.7. The molecule has 14 nitrogen and oxygen atoms in total. The summed E-state index contributed by atoms with van der Waals surface area (Å²) in [5.74, 6) is -4.35. The van der Waals surface area contributed by atoms with Crippen molar-refractivity contribution in [3.8, 4) is 0 Å². The molecule has 258 valence electrons. The first-order valence-corrected chi connectivity index (χ1v) is 14.7. The minimum absolute atomic E-state index is 0.0125. The fraction of sp³-hybridized carbons (Fsp3) is 0.353. The number of hydrogen-bond acceptors (Lipinski definition) is 14. The van der Waals surface area contributed by atoms with Gasteiger partial charge in [-0.25, -0.2) is 28.8 Å². The molecule has 0 radical (unpaired) electrons. The number of esters is 6. The van der Waals surface area contributed by atoms with Crippen LogP contribution in [0.2, 0.25) is 0 Å². The molecule has 0 unspecified atom stereocenters. The maximum Gasteiger partial charge on any atom is 0.339 e. The van der Waals surface area contributed by atoms with Crippen molar-refractivity contribution >= 4 is 35.8 Å². The normalized spacial score (nSPS) is 10.3. The topological polar surface area (TPSA) is 176 Å². The molecule has 0 aliphatic heterocycles. The van der Waals surface area contributed by atoms with Gasteiger partial charge in [0.1, 0.15) is 39.6 Å². The molecule has 2 aromatic carbocycles. The summed E-state index contributed by atoms with van der Waals surface area (Å²) in [5.41, 5.74) is 0.318. The van der Waals surface area contributed by atoms with Gasteiger partial charge in [0.15, 0.2) is 0 Å². The molecule has 2 aromatic rings. The second-order valence-corrected chi connectivity index (χ2v) is 9.69. The summed E-state index contributed by atoms with van der Waals surface area (Å²) >= 11 is 0. The zero-order chi connectivity index (χ0) is 35.3. The minimum atomic E-state index is -0.852. The maximum atomic E-state index is 12.7. The Morgan fingerprint density at radius 1 is 0.417 bits per heavy atom. The zero-order valence-electron chi connectivity index (χ0n) is 26.8. The predicted octanol–water partition coefficient (Wildman–Crippen LogP) is 3.29. The number of carbonyl (C=O) groups is 6. The fourth-order valence-corrected chi connectivity index (χ4v) is 3.48. The highest BCUT2D eigenvalue weighted by molar-refractivity contribution is 6.04. The summed E-state index contributed by atoms with van der Waals surface area (Å²) in [5, 5.41) is 0. The molecule has 2 rings (SSSR count). The lowest BCUT2D eigenvalue weighted by Gasteiger charge is -2.11. The molecule has 0 aliphatic rings. The van der Waals surface area contributed by atoms with Crippen molar-refractivity contribution < 1.29 is 66.7 Å². The van der Waals surface area contributed by atoms with E-state index in [1.165, 1.54) is 50.2 Å². The third kappa shape index (κ3) is 14.0. The highest BCUT2D eigenvalue weighted by atomic mass is 16.6. The molecule has 0 saturated carbocycles. The van der Waals surface area contributed by atoms with Crippen LogP contribution in [0.15, 0.2) is 72.8 Å². The Bertz CT molecular complexity index is 1350. The van der Waals surface area contributed by atoms with E-state index in [-0.39, 0.29) is 99.5 Å². The summed E-state index contributed by atoms with van der Waals surface area (Å²) in [4.78, 5) is 73.1. The Morgan fingerprint density at radius 3 is 0.896 bits per heavy atom. The van der Waals surface area contributed by atoms with Crippen LogP contribution in [0, 0.1) is 0 Å². The van der Waals surface area contributed by atoms with Gasteiger partial charge in [-0.3, -0.25) is 0 Å². The third-order valence-corrected chi connectivity index (χ3v) is 5.82. The third-order valence-electron chi connectivity index (χ3n) is 5.82. The standard InChI is InChI=1S/C34H38O14/c1-23(2)29(35)43-17-13-41-15-19-45-31(37)25-9-5-7-11-27(25)33(39)47-21-22-48-34(40)28-12-8-6-10-26(28)32(38)46-20-16-42-14-18-44-30(36)24(3)4/h5-12H,1,3,13-22H2,2,4H3. The summed E-state index contributed by atoms with van der Waals surface area (Å²) < 4.78 is 40.9. The van der Waals surface area contributed by atoms with Crippen LogP contribution in [-0.2, 0) is 47.5 Å². The van der Waals surface area contributed by atoms with Crippen molar-refractivity contribution in [3.63, 3.8) is 0 Å². The number of benzene rings is 2. The lowest BCUT2D eigenvalue weighted by atomic mass is 10.1.